The average Bonchev–Trinajstić information content (AvgIpc) is 3.03. The maximum atomic E-state index is 14.6. The molecular weight excluding hydrogens is 629 g/mol. The van der Waals surface area contributed by atoms with Crippen LogP contribution < -0.4 is 9.62 Å². The molecule has 7 nitrogen and oxygen atoms in total. The number of para-hydroxylation sites is 1. The molecule has 0 aliphatic carbocycles. The lowest BCUT2D eigenvalue weighted by Gasteiger charge is -2.34. The summed E-state index contributed by atoms with van der Waals surface area (Å²) < 4.78 is 29.4. The Bertz CT molecular complexity index is 1720. The molecule has 4 aromatic carbocycles. The lowest BCUT2D eigenvalue weighted by Crippen LogP contribution is -2.54. The number of hydrogen-bond acceptors (Lipinski definition) is 4. The summed E-state index contributed by atoms with van der Waals surface area (Å²) in [4.78, 5) is 29.9. The third-order valence-corrected chi connectivity index (χ3v) is 10.0. The molecule has 0 bridgehead atoms. The second-order valence-electron chi connectivity index (χ2n) is 10.9. The van der Waals surface area contributed by atoms with Gasteiger partial charge in [-0.05, 0) is 73.4 Å². The first kappa shape index (κ1) is 34.0. The third-order valence-electron chi connectivity index (χ3n) is 7.64. The van der Waals surface area contributed by atoms with Gasteiger partial charge in [0.1, 0.15) is 12.6 Å². The van der Waals surface area contributed by atoms with Crippen molar-refractivity contribution in [1.82, 2.24) is 10.2 Å². The van der Waals surface area contributed by atoms with Gasteiger partial charge >= 0.3 is 0 Å². The van der Waals surface area contributed by atoms with Crippen LogP contribution in [0.5, 0.6) is 0 Å². The van der Waals surface area contributed by atoms with Crippen LogP contribution in [0.25, 0.3) is 0 Å². The lowest BCUT2D eigenvalue weighted by molar-refractivity contribution is -0.140. The summed E-state index contributed by atoms with van der Waals surface area (Å²) >= 11 is 12.6. The van der Waals surface area contributed by atoms with E-state index in [1.165, 1.54) is 29.2 Å². The normalized spacial score (nSPS) is 12.6. The molecule has 1 N–H and O–H groups in total. The fourth-order valence-corrected chi connectivity index (χ4v) is 6.70. The molecule has 0 aliphatic rings. The van der Waals surface area contributed by atoms with Crippen LogP contribution >= 0.6 is 23.2 Å². The Balaban J connectivity index is 1.83. The Kier molecular flexibility index (Phi) is 11.7. The molecule has 0 saturated heterocycles. The maximum absolute atomic E-state index is 14.6. The summed E-state index contributed by atoms with van der Waals surface area (Å²) in [7, 11) is -4.23. The van der Waals surface area contributed by atoms with Gasteiger partial charge in [-0.1, -0.05) is 96.9 Å². The van der Waals surface area contributed by atoms with E-state index >= 15 is 0 Å². The van der Waals surface area contributed by atoms with E-state index in [1.807, 2.05) is 44.2 Å². The number of hydrogen-bond donors (Lipinski definition) is 1. The number of halogens is 2. The van der Waals surface area contributed by atoms with Crippen molar-refractivity contribution >= 4 is 50.7 Å². The first-order chi connectivity index (χ1) is 21.5. The van der Waals surface area contributed by atoms with Gasteiger partial charge in [0.25, 0.3) is 10.0 Å². The van der Waals surface area contributed by atoms with Crippen molar-refractivity contribution in [1.29, 1.82) is 0 Å². The molecule has 0 spiro atoms. The van der Waals surface area contributed by atoms with Gasteiger partial charge in [-0.15, -0.1) is 0 Å². The Morgan fingerprint density at radius 1 is 0.844 bits per heavy atom. The molecule has 4 rings (SSSR count). The van der Waals surface area contributed by atoms with Crippen LogP contribution in [0.15, 0.2) is 108 Å². The van der Waals surface area contributed by atoms with Gasteiger partial charge in [0.15, 0.2) is 0 Å². The number of aryl methyl sites for hydroxylation is 1. The van der Waals surface area contributed by atoms with E-state index in [1.54, 1.807) is 55.5 Å². The van der Waals surface area contributed by atoms with Crippen LogP contribution in [0.3, 0.4) is 0 Å². The van der Waals surface area contributed by atoms with Crippen molar-refractivity contribution in [3.8, 4) is 0 Å². The van der Waals surface area contributed by atoms with Crippen molar-refractivity contribution in [3.63, 3.8) is 0 Å². The van der Waals surface area contributed by atoms with Crippen LogP contribution in [0, 0.1) is 6.92 Å². The van der Waals surface area contributed by atoms with Crippen LogP contribution in [0.1, 0.15) is 37.0 Å². The lowest BCUT2D eigenvalue weighted by atomic mass is 10.0. The second-order valence-corrected chi connectivity index (χ2v) is 13.6. The highest BCUT2D eigenvalue weighted by atomic mass is 35.5. The fourth-order valence-electron chi connectivity index (χ4n) is 4.90. The zero-order valence-corrected chi connectivity index (χ0v) is 27.8. The van der Waals surface area contributed by atoms with Crippen LogP contribution in [-0.4, -0.2) is 43.8 Å². The highest BCUT2D eigenvalue weighted by Crippen LogP contribution is 2.29. The van der Waals surface area contributed by atoms with Gasteiger partial charge < -0.3 is 10.2 Å². The van der Waals surface area contributed by atoms with Crippen LogP contribution in [-0.2, 0) is 32.6 Å². The number of benzene rings is 4. The van der Waals surface area contributed by atoms with Crippen molar-refractivity contribution in [3.05, 3.63) is 130 Å². The number of nitrogens with zero attached hydrogens (tertiary/aromatic N) is 2. The predicted octanol–water partition coefficient (Wildman–Crippen LogP) is 7.05. The molecule has 0 aromatic heterocycles. The molecule has 0 heterocycles. The molecule has 4 aromatic rings. The Morgan fingerprint density at radius 3 is 2.11 bits per heavy atom. The van der Waals surface area contributed by atoms with E-state index in [4.69, 9.17) is 23.2 Å². The van der Waals surface area contributed by atoms with E-state index in [2.05, 4.69) is 5.32 Å². The van der Waals surface area contributed by atoms with Gasteiger partial charge in [-0.2, -0.15) is 0 Å². The van der Waals surface area contributed by atoms with E-state index in [-0.39, 0.29) is 29.8 Å². The van der Waals surface area contributed by atoms with Crippen LogP contribution in [0.2, 0.25) is 10.0 Å². The first-order valence-corrected chi connectivity index (χ1v) is 16.9. The Labute approximate surface area is 275 Å². The summed E-state index contributed by atoms with van der Waals surface area (Å²) in [5, 5.41) is 3.85. The average molecular weight is 667 g/mol. The van der Waals surface area contributed by atoms with Crippen molar-refractivity contribution in [2.45, 2.75) is 57.1 Å². The zero-order valence-electron chi connectivity index (χ0n) is 25.5. The molecule has 0 aliphatic heterocycles. The summed E-state index contributed by atoms with van der Waals surface area (Å²) in [5.41, 5.74) is 2.49. The van der Waals surface area contributed by atoms with E-state index < -0.39 is 28.5 Å². The maximum Gasteiger partial charge on any atom is 0.264 e. The minimum Gasteiger partial charge on any atom is -0.352 e. The molecule has 0 radical (unpaired) electrons. The number of amides is 2. The highest BCUT2D eigenvalue weighted by Gasteiger charge is 2.35. The van der Waals surface area contributed by atoms with Crippen molar-refractivity contribution in [2.24, 2.45) is 0 Å². The van der Waals surface area contributed by atoms with E-state index in [0.29, 0.717) is 33.3 Å². The summed E-state index contributed by atoms with van der Waals surface area (Å²) in [5.74, 6) is -0.896. The molecule has 0 fully saturated rings. The zero-order chi connectivity index (χ0) is 32.6. The van der Waals surface area contributed by atoms with Crippen molar-refractivity contribution in [2.75, 3.05) is 10.8 Å². The first-order valence-electron chi connectivity index (χ1n) is 14.7. The molecule has 10 heteroatoms. The largest absolute Gasteiger partial charge is 0.352 e. The SMILES string of the molecule is CC[C@H](C)NC(=O)[C@@H](Cc1ccccc1)N(Cc1ccccc1Cl)C(=O)CN(c1ccccc1C)S(=O)(=O)c1ccc(Cl)cc1. The number of carbonyl (C=O) groups is 2. The van der Waals surface area contributed by atoms with Gasteiger partial charge in [-0.25, -0.2) is 8.42 Å². The minimum absolute atomic E-state index is 0.00740. The third kappa shape index (κ3) is 8.66. The molecular formula is C35H37Cl2N3O4S. The number of rotatable bonds is 13. The number of anilines is 1. The molecule has 0 saturated carbocycles. The second kappa shape index (κ2) is 15.4. The summed E-state index contributed by atoms with van der Waals surface area (Å²) in [6.07, 6.45) is 0.913. The Morgan fingerprint density at radius 2 is 1.47 bits per heavy atom. The summed E-state index contributed by atoms with van der Waals surface area (Å²) in [6, 6.07) is 28.2. The Hall–Kier alpha value is -3.85. The molecule has 2 amide bonds. The number of nitrogens with one attached hydrogen (secondary N) is 1. The van der Waals surface area contributed by atoms with E-state index in [0.717, 1.165) is 9.87 Å². The standard InChI is InChI=1S/C35H37Cl2N3O4S/c1-4-26(3)38-35(42)33(22-27-13-6-5-7-14-27)39(23-28-15-9-10-16-31(28)37)34(41)24-40(32-17-11-8-12-25(32)2)45(43,44)30-20-18-29(36)19-21-30/h5-21,26,33H,4,22-24H2,1-3H3,(H,38,42)/t26-,33+/m0/s1. The van der Waals surface area contributed by atoms with E-state index in [9.17, 15) is 18.0 Å². The van der Waals surface area contributed by atoms with Gasteiger partial charge in [-0.3, -0.25) is 13.9 Å². The molecule has 45 heavy (non-hydrogen) atoms. The smallest absolute Gasteiger partial charge is 0.264 e. The van der Waals surface area contributed by atoms with Crippen LogP contribution in [0.4, 0.5) is 5.69 Å². The molecule has 0 unspecified atom stereocenters. The van der Waals surface area contributed by atoms with Gasteiger partial charge in [0, 0.05) is 29.1 Å². The minimum atomic E-state index is -4.23. The van der Waals surface area contributed by atoms with Gasteiger partial charge in [0.05, 0.1) is 10.6 Å². The fraction of sp³-hybridized carbons (Fsp3) is 0.257. The quantitative estimate of drug-likeness (QED) is 0.166. The monoisotopic (exact) mass is 665 g/mol. The molecule has 236 valence electrons. The number of sulfonamides is 1. The van der Waals surface area contributed by atoms with Crippen molar-refractivity contribution < 1.29 is 18.0 Å². The molecule has 2 atom stereocenters. The van der Waals surface area contributed by atoms with Gasteiger partial charge in [0.2, 0.25) is 11.8 Å². The topological polar surface area (TPSA) is 86.8 Å². The highest BCUT2D eigenvalue weighted by molar-refractivity contribution is 7.92. The predicted molar refractivity (Wildman–Crippen MR) is 181 cm³/mol. The number of carbonyl (C=O) groups excluding carboxylic acids is 2. The summed E-state index contributed by atoms with van der Waals surface area (Å²) in [6.45, 7) is 5.08.